The van der Waals surface area contributed by atoms with Crippen molar-refractivity contribution in [2.45, 2.75) is 110 Å². The molecule has 0 amide bonds. The van der Waals surface area contributed by atoms with Gasteiger partial charge < -0.3 is 19.7 Å². The molecule has 6 aliphatic rings. The third-order valence-electron chi connectivity index (χ3n) is 12.0. The highest BCUT2D eigenvalue weighted by molar-refractivity contribution is 5.15. The molecule has 6 fully saturated rings. The second-order valence-corrected chi connectivity index (χ2v) is 13.2. The summed E-state index contributed by atoms with van der Waals surface area (Å²) in [6.07, 6.45) is 9.51. The lowest BCUT2D eigenvalue weighted by Gasteiger charge is -2.61. The van der Waals surface area contributed by atoms with E-state index in [0.717, 1.165) is 37.7 Å². The fraction of sp³-hybridized carbons (Fsp3) is 1.00. The van der Waals surface area contributed by atoms with Crippen molar-refractivity contribution in [2.75, 3.05) is 6.61 Å². The van der Waals surface area contributed by atoms with E-state index in [1.54, 1.807) is 0 Å². The Morgan fingerprint density at radius 2 is 1.65 bits per heavy atom. The van der Waals surface area contributed by atoms with Gasteiger partial charge in [0.05, 0.1) is 24.9 Å². The average molecular weight is 433 g/mol. The van der Waals surface area contributed by atoms with E-state index in [2.05, 4.69) is 27.7 Å². The van der Waals surface area contributed by atoms with Gasteiger partial charge in [0.15, 0.2) is 5.79 Å². The smallest absolute Gasteiger partial charge is 0.171 e. The van der Waals surface area contributed by atoms with Crippen LogP contribution >= 0.6 is 0 Å². The largest absolute Gasteiger partial charge is 0.390 e. The lowest BCUT2D eigenvalue weighted by molar-refractivity contribution is -0.273. The average Bonchev–Trinajstić information content (AvgIpc) is 3.16. The van der Waals surface area contributed by atoms with Crippen LogP contribution in [0.25, 0.3) is 0 Å². The molecule has 31 heavy (non-hydrogen) atoms. The van der Waals surface area contributed by atoms with Crippen molar-refractivity contribution in [1.82, 2.24) is 0 Å². The van der Waals surface area contributed by atoms with Crippen LogP contribution in [0.15, 0.2) is 0 Å². The molecule has 2 heterocycles. The van der Waals surface area contributed by atoms with Crippen LogP contribution < -0.4 is 0 Å². The second kappa shape index (κ2) is 6.93. The monoisotopic (exact) mass is 432 g/mol. The first-order valence-corrected chi connectivity index (χ1v) is 13.4. The molecule has 2 aliphatic heterocycles. The number of hydrogen-bond acceptors (Lipinski definition) is 4. The quantitative estimate of drug-likeness (QED) is 0.579. The van der Waals surface area contributed by atoms with Crippen molar-refractivity contribution >= 4 is 0 Å². The van der Waals surface area contributed by atoms with E-state index in [9.17, 15) is 10.2 Å². The predicted molar refractivity (Wildman–Crippen MR) is 119 cm³/mol. The number of fused-ring (bicyclic) bond motifs is 7. The van der Waals surface area contributed by atoms with E-state index in [1.807, 2.05) is 0 Å². The first-order valence-electron chi connectivity index (χ1n) is 13.4. The molecule has 2 N–H and O–H groups in total. The van der Waals surface area contributed by atoms with Gasteiger partial charge in [-0.15, -0.1) is 0 Å². The van der Waals surface area contributed by atoms with E-state index in [0.29, 0.717) is 41.1 Å². The Morgan fingerprint density at radius 1 is 0.839 bits per heavy atom. The summed E-state index contributed by atoms with van der Waals surface area (Å²) in [5.74, 6) is 4.21. The number of hydrogen-bond donors (Lipinski definition) is 2. The maximum absolute atomic E-state index is 10.6. The first-order chi connectivity index (χ1) is 14.7. The van der Waals surface area contributed by atoms with Crippen LogP contribution in [0.3, 0.4) is 0 Å². The minimum absolute atomic E-state index is 0.191. The van der Waals surface area contributed by atoms with Crippen molar-refractivity contribution in [1.29, 1.82) is 0 Å². The molecule has 4 heteroatoms. The number of ether oxygens (including phenoxy) is 2. The molecule has 0 aromatic rings. The third-order valence-corrected chi connectivity index (χ3v) is 12.0. The molecule has 176 valence electrons. The van der Waals surface area contributed by atoms with E-state index >= 15 is 0 Å². The third kappa shape index (κ3) is 2.80. The number of aliphatic hydroxyl groups excluding tert-OH is 2. The molecule has 1 spiro atoms. The predicted octanol–water partition coefficient (Wildman–Crippen LogP) is 4.76. The summed E-state index contributed by atoms with van der Waals surface area (Å²) in [6.45, 7) is 10.6. The van der Waals surface area contributed by atoms with Crippen molar-refractivity contribution in [3.63, 3.8) is 0 Å². The van der Waals surface area contributed by atoms with Crippen LogP contribution in [0.4, 0.5) is 0 Å². The minimum atomic E-state index is -0.537. The standard InChI is InChI=1S/C27H44O4/c1-15-7-10-27(30-14-15)16(2)24-23(31-27)12-20-18-6-5-17-11-21(28)22(29)13-26(17,4)19(18)8-9-25(20,24)3/h15-24,28-29H,5-14H2,1-4H3/t15-,16?,17?,18?,19?,20?,21-,22?,23+,24?,25+,26+,27?/m1/s1. The summed E-state index contributed by atoms with van der Waals surface area (Å²) in [6, 6.07) is 0. The van der Waals surface area contributed by atoms with Gasteiger partial charge in [0.25, 0.3) is 0 Å². The molecule has 0 aromatic carbocycles. The zero-order chi connectivity index (χ0) is 21.8. The minimum Gasteiger partial charge on any atom is -0.390 e. The van der Waals surface area contributed by atoms with Gasteiger partial charge in [0, 0.05) is 12.3 Å². The SMILES string of the molecule is CC1C2[C@H](CC3C4CCC5C[C@@H](O)C(O)C[C@]5(C)C4CC[C@@]32C)OC12CC[C@@H](C)CO2. The second-order valence-electron chi connectivity index (χ2n) is 13.2. The molecular formula is C27H44O4. The van der Waals surface area contributed by atoms with E-state index < -0.39 is 12.2 Å². The Labute approximate surface area is 188 Å². The van der Waals surface area contributed by atoms with Crippen molar-refractivity contribution in [3.8, 4) is 0 Å². The van der Waals surface area contributed by atoms with Crippen molar-refractivity contribution in [2.24, 2.45) is 52.3 Å². The van der Waals surface area contributed by atoms with Gasteiger partial charge in [-0.1, -0.05) is 27.7 Å². The molecule has 0 bridgehead atoms. The van der Waals surface area contributed by atoms with E-state index in [1.165, 1.54) is 38.5 Å². The van der Waals surface area contributed by atoms with E-state index in [4.69, 9.17) is 9.47 Å². The fourth-order valence-corrected chi connectivity index (χ4v) is 10.3. The molecule has 4 saturated carbocycles. The molecule has 2 saturated heterocycles. The molecule has 13 atom stereocenters. The van der Waals surface area contributed by atoms with Crippen molar-refractivity contribution in [3.05, 3.63) is 0 Å². The van der Waals surface area contributed by atoms with Gasteiger partial charge in [-0.05, 0) is 97.7 Å². The Hall–Kier alpha value is -0.160. The summed E-state index contributed by atoms with van der Waals surface area (Å²) in [5.41, 5.74) is 0.550. The molecule has 6 rings (SSSR count). The van der Waals surface area contributed by atoms with Gasteiger partial charge in [0.1, 0.15) is 0 Å². The van der Waals surface area contributed by atoms with Crippen LogP contribution in [-0.2, 0) is 9.47 Å². The summed E-state index contributed by atoms with van der Waals surface area (Å²) in [5, 5.41) is 20.9. The Balaban J connectivity index is 1.26. The Morgan fingerprint density at radius 3 is 2.39 bits per heavy atom. The van der Waals surface area contributed by atoms with Crippen LogP contribution in [0, 0.1) is 52.3 Å². The van der Waals surface area contributed by atoms with Gasteiger partial charge in [-0.2, -0.15) is 0 Å². The van der Waals surface area contributed by atoms with Crippen LogP contribution in [-0.4, -0.2) is 40.9 Å². The zero-order valence-electron chi connectivity index (χ0n) is 20.1. The van der Waals surface area contributed by atoms with Gasteiger partial charge in [-0.25, -0.2) is 0 Å². The lowest BCUT2D eigenvalue weighted by Crippen LogP contribution is -2.57. The fourth-order valence-electron chi connectivity index (χ4n) is 10.3. The highest BCUT2D eigenvalue weighted by Crippen LogP contribution is 2.71. The number of rotatable bonds is 0. The molecule has 8 unspecified atom stereocenters. The highest BCUT2D eigenvalue weighted by Gasteiger charge is 2.69. The first kappa shape index (κ1) is 21.4. The Bertz CT molecular complexity index is 716. The maximum Gasteiger partial charge on any atom is 0.171 e. The van der Waals surface area contributed by atoms with Crippen LogP contribution in [0.1, 0.15) is 85.5 Å². The summed E-state index contributed by atoms with van der Waals surface area (Å²) >= 11 is 0. The highest BCUT2D eigenvalue weighted by atomic mass is 16.7. The zero-order valence-corrected chi connectivity index (χ0v) is 20.1. The molecular weight excluding hydrogens is 388 g/mol. The van der Waals surface area contributed by atoms with Crippen LogP contribution in [0.5, 0.6) is 0 Å². The lowest BCUT2D eigenvalue weighted by atomic mass is 9.44. The molecule has 0 radical (unpaired) electrons. The van der Waals surface area contributed by atoms with Gasteiger partial charge in [0.2, 0.25) is 0 Å². The summed E-state index contributed by atoms with van der Waals surface area (Å²) in [4.78, 5) is 0. The molecule has 4 aliphatic carbocycles. The van der Waals surface area contributed by atoms with Crippen molar-refractivity contribution < 1.29 is 19.7 Å². The summed E-state index contributed by atoms with van der Waals surface area (Å²) < 4.78 is 13.3. The maximum atomic E-state index is 10.6. The molecule has 4 nitrogen and oxygen atoms in total. The molecule has 0 aromatic heterocycles. The number of aliphatic hydroxyl groups is 2. The van der Waals surface area contributed by atoms with Crippen LogP contribution in [0.2, 0.25) is 0 Å². The van der Waals surface area contributed by atoms with Gasteiger partial charge >= 0.3 is 0 Å². The van der Waals surface area contributed by atoms with Gasteiger partial charge in [-0.3, -0.25) is 0 Å². The van der Waals surface area contributed by atoms with E-state index in [-0.39, 0.29) is 11.2 Å². The Kier molecular flexibility index (Phi) is 4.78. The summed E-state index contributed by atoms with van der Waals surface area (Å²) in [7, 11) is 0. The normalized spacial score (nSPS) is 63.3. The topological polar surface area (TPSA) is 58.9 Å².